The second-order valence-corrected chi connectivity index (χ2v) is 5.64. The number of carbonyl (C=O) groups is 3. The average molecular weight is 292 g/mol. The van der Waals surface area contributed by atoms with Crippen LogP contribution in [-0.4, -0.2) is 46.0 Å². The second-order valence-electron chi connectivity index (χ2n) is 5.64. The first-order valence-corrected chi connectivity index (χ1v) is 6.43. The minimum Gasteiger partial charge on any atom is -0.480 e. The number of rotatable bonds is 4. The zero-order chi connectivity index (χ0) is 16.7. The van der Waals surface area contributed by atoms with Gasteiger partial charge in [0.25, 0.3) is 11.8 Å². The van der Waals surface area contributed by atoms with Gasteiger partial charge in [-0.05, 0) is 32.9 Å². The van der Waals surface area contributed by atoms with Gasteiger partial charge in [0, 0.05) is 0 Å². The minimum absolute atomic E-state index is 0.0983. The van der Waals surface area contributed by atoms with E-state index >= 15 is 0 Å². The SMILES string of the molecule is [2H]C(COC(C)(C)C)(C(=O)O)N1C(=O)c2ccccc2C1=O. The molecule has 2 amide bonds. The van der Waals surface area contributed by atoms with Gasteiger partial charge < -0.3 is 9.84 Å². The fourth-order valence-corrected chi connectivity index (χ4v) is 1.94. The lowest BCUT2D eigenvalue weighted by Crippen LogP contribution is -2.48. The molecule has 1 heterocycles. The molecule has 6 nitrogen and oxygen atoms in total. The Balaban J connectivity index is 2.41. The molecule has 1 aromatic rings. The number of amides is 2. The maximum atomic E-state index is 12.3. The fourth-order valence-electron chi connectivity index (χ4n) is 1.94. The molecule has 112 valence electrons. The lowest BCUT2D eigenvalue weighted by molar-refractivity contribution is -0.145. The van der Waals surface area contributed by atoms with Crippen molar-refractivity contribution in [2.45, 2.75) is 32.4 Å². The Labute approximate surface area is 123 Å². The van der Waals surface area contributed by atoms with Crippen molar-refractivity contribution < 1.29 is 25.6 Å². The summed E-state index contributed by atoms with van der Waals surface area (Å²) in [7, 11) is 0. The number of benzene rings is 1. The Morgan fingerprint density at radius 2 is 1.76 bits per heavy atom. The van der Waals surface area contributed by atoms with Crippen LogP contribution in [0.25, 0.3) is 0 Å². The van der Waals surface area contributed by atoms with Crippen molar-refractivity contribution in [3.63, 3.8) is 0 Å². The summed E-state index contributed by atoms with van der Waals surface area (Å²) in [5.74, 6) is -3.21. The van der Waals surface area contributed by atoms with Gasteiger partial charge in [-0.1, -0.05) is 12.1 Å². The van der Waals surface area contributed by atoms with Crippen molar-refractivity contribution in [2.24, 2.45) is 0 Å². The third kappa shape index (κ3) is 2.95. The van der Waals surface area contributed by atoms with E-state index in [9.17, 15) is 19.5 Å². The molecule has 1 aliphatic heterocycles. The Hall–Kier alpha value is -2.21. The van der Waals surface area contributed by atoms with Crippen LogP contribution in [0.15, 0.2) is 24.3 Å². The van der Waals surface area contributed by atoms with Crippen LogP contribution in [0.4, 0.5) is 0 Å². The topological polar surface area (TPSA) is 83.9 Å². The van der Waals surface area contributed by atoms with Gasteiger partial charge in [0.15, 0.2) is 6.02 Å². The monoisotopic (exact) mass is 292 g/mol. The van der Waals surface area contributed by atoms with Crippen LogP contribution in [-0.2, 0) is 9.53 Å². The molecule has 1 aliphatic rings. The summed E-state index contributed by atoms with van der Waals surface area (Å²) in [5, 5.41) is 9.39. The van der Waals surface area contributed by atoms with E-state index in [0.29, 0.717) is 4.90 Å². The lowest BCUT2D eigenvalue weighted by atomic mass is 10.1. The quantitative estimate of drug-likeness (QED) is 0.851. The molecule has 1 N–H and O–H groups in total. The van der Waals surface area contributed by atoms with Gasteiger partial charge in [0.1, 0.15) is 0 Å². The van der Waals surface area contributed by atoms with Crippen LogP contribution in [0.5, 0.6) is 0 Å². The molecule has 0 saturated carbocycles. The summed E-state index contributed by atoms with van der Waals surface area (Å²) in [6, 6.07) is 3.50. The molecule has 0 bridgehead atoms. The average Bonchev–Trinajstić information content (AvgIpc) is 2.68. The Kier molecular flexibility index (Phi) is 3.47. The van der Waals surface area contributed by atoms with Gasteiger partial charge in [-0.3, -0.25) is 14.5 Å². The van der Waals surface area contributed by atoms with E-state index in [1.165, 1.54) is 12.1 Å². The van der Waals surface area contributed by atoms with Gasteiger partial charge in [0.05, 0.1) is 24.7 Å². The number of carboxylic acids is 1. The van der Waals surface area contributed by atoms with E-state index in [0.717, 1.165) is 0 Å². The van der Waals surface area contributed by atoms with E-state index in [1.807, 2.05) is 0 Å². The molecule has 0 fully saturated rings. The van der Waals surface area contributed by atoms with Crippen LogP contribution < -0.4 is 0 Å². The maximum Gasteiger partial charge on any atom is 0.329 e. The molecule has 2 rings (SSSR count). The van der Waals surface area contributed by atoms with E-state index in [1.54, 1.807) is 32.9 Å². The highest BCUT2D eigenvalue weighted by Gasteiger charge is 2.43. The number of nitrogens with zero attached hydrogens (tertiary/aromatic N) is 1. The molecular weight excluding hydrogens is 274 g/mol. The molecule has 0 aromatic heterocycles. The number of imide groups is 1. The molecular formula is C15H17NO5. The molecule has 6 heteroatoms. The predicted molar refractivity (Wildman–Crippen MR) is 74.1 cm³/mol. The highest BCUT2D eigenvalue weighted by molar-refractivity contribution is 6.22. The van der Waals surface area contributed by atoms with Crippen molar-refractivity contribution in [1.82, 2.24) is 4.90 Å². The number of fused-ring (bicyclic) bond motifs is 1. The molecule has 1 unspecified atom stereocenters. The number of aliphatic carboxylic acids is 1. The molecule has 0 spiro atoms. The second kappa shape index (κ2) is 5.29. The Bertz CT molecular complexity index is 617. The van der Waals surface area contributed by atoms with Crippen molar-refractivity contribution in [3.05, 3.63) is 35.4 Å². The van der Waals surface area contributed by atoms with E-state index < -0.39 is 36.0 Å². The molecule has 0 aliphatic carbocycles. The summed E-state index contributed by atoms with van der Waals surface area (Å²) < 4.78 is 13.5. The zero-order valence-corrected chi connectivity index (χ0v) is 12.0. The van der Waals surface area contributed by atoms with Crippen LogP contribution in [0, 0.1) is 0 Å². The first-order valence-electron chi connectivity index (χ1n) is 6.93. The normalized spacial score (nSPS) is 18.2. The van der Waals surface area contributed by atoms with Gasteiger partial charge in [-0.25, -0.2) is 4.79 Å². The van der Waals surface area contributed by atoms with Crippen LogP contribution in [0.3, 0.4) is 0 Å². The van der Waals surface area contributed by atoms with E-state index in [4.69, 9.17) is 6.11 Å². The first-order chi connectivity index (χ1) is 10.1. The number of hydrogen-bond acceptors (Lipinski definition) is 4. The van der Waals surface area contributed by atoms with Crippen molar-refractivity contribution in [3.8, 4) is 0 Å². The standard InChI is InChI=1S/C15H17NO5/c1-15(2,3)21-8-11(14(19)20)16-12(17)9-6-4-5-7-10(9)13(16)18/h4-7,11H,8H2,1-3H3,(H,19,20)/i11D. The number of carboxylic acid groups (broad SMARTS) is 1. The van der Waals surface area contributed by atoms with Crippen LogP contribution >= 0.6 is 0 Å². The number of hydrogen-bond donors (Lipinski definition) is 1. The summed E-state index contributed by atoms with van der Waals surface area (Å²) in [5.41, 5.74) is -0.511. The molecule has 0 saturated heterocycles. The Morgan fingerprint density at radius 3 is 2.14 bits per heavy atom. The van der Waals surface area contributed by atoms with Gasteiger partial charge >= 0.3 is 5.97 Å². The summed E-state index contributed by atoms with van der Waals surface area (Å²) in [6.07, 6.45) is 0. The molecule has 1 atom stereocenters. The first kappa shape index (κ1) is 13.8. The zero-order valence-electron chi connectivity index (χ0n) is 13.0. The highest BCUT2D eigenvalue weighted by atomic mass is 16.5. The third-order valence-electron chi connectivity index (χ3n) is 2.95. The van der Waals surface area contributed by atoms with Crippen molar-refractivity contribution in [1.29, 1.82) is 0 Å². The minimum atomic E-state index is -2.51. The van der Waals surface area contributed by atoms with E-state index in [-0.39, 0.29) is 11.1 Å². The number of ether oxygens (including phenoxy) is 1. The highest BCUT2D eigenvalue weighted by Crippen LogP contribution is 2.25. The molecule has 0 radical (unpaired) electrons. The Morgan fingerprint density at radius 1 is 1.29 bits per heavy atom. The van der Waals surface area contributed by atoms with Gasteiger partial charge in [0.2, 0.25) is 0 Å². The summed E-state index contributed by atoms with van der Waals surface area (Å²) in [6.45, 7) is 4.46. The predicted octanol–water partition coefficient (Wildman–Crippen LogP) is 1.55. The van der Waals surface area contributed by atoms with Crippen LogP contribution in [0.1, 0.15) is 42.9 Å². The smallest absolute Gasteiger partial charge is 0.329 e. The summed E-state index contributed by atoms with van der Waals surface area (Å²) in [4.78, 5) is 36.7. The van der Waals surface area contributed by atoms with Gasteiger partial charge in [-0.2, -0.15) is 0 Å². The molecule has 1 aromatic carbocycles. The third-order valence-corrected chi connectivity index (χ3v) is 2.95. The lowest BCUT2D eigenvalue weighted by Gasteiger charge is -2.26. The summed E-state index contributed by atoms with van der Waals surface area (Å²) >= 11 is 0. The van der Waals surface area contributed by atoms with Gasteiger partial charge in [-0.15, -0.1) is 0 Å². The maximum absolute atomic E-state index is 12.3. The fraction of sp³-hybridized carbons (Fsp3) is 0.400. The number of carbonyl (C=O) groups excluding carboxylic acids is 2. The van der Waals surface area contributed by atoms with Crippen molar-refractivity contribution in [2.75, 3.05) is 6.61 Å². The van der Waals surface area contributed by atoms with Crippen molar-refractivity contribution >= 4 is 17.8 Å². The largest absolute Gasteiger partial charge is 0.480 e. The van der Waals surface area contributed by atoms with Crippen LogP contribution in [0.2, 0.25) is 0 Å². The molecule has 21 heavy (non-hydrogen) atoms. The van der Waals surface area contributed by atoms with E-state index in [2.05, 4.69) is 0 Å².